The van der Waals surface area contributed by atoms with Crippen molar-refractivity contribution in [1.82, 2.24) is 0 Å². The minimum atomic E-state index is -0.169. The second-order valence-electron chi connectivity index (χ2n) is 7.15. The molecule has 26 heavy (non-hydrogen) atoms. The molecule has 0 amide bonds. The van der Waals surface area contributed by atoms with Crippen LogP contribution in [0.15, 0.2) is 42.5 Å². The number of rotatable bonds is 7. The van der Waals surface area contributed by atoms with Gasteiger partial charge in [-0.05, 0) is 84.2 Å². The summed E-state index contributed by atoms with van der Waals surface area (Å²) in [5.74, 6) is 0.761. The quantitative estimate of drug-likeness (QED) is 0.485. The molecule has 2 heteroatoms. The molecule has 0 bridgehead atoms. The molecule has 0 heterocycles. The summed E-state index contributed by atoms with van der Waals surface area (Å²) in [6, 6.07) is 13.5. The van der Waals surface area contributed by atoms with Gasteiger partial charge >= 0.3 is 0 Å². The molecule has 0 aliphatic heterocycles. The summed E-state index contributed by atoms with van der Waals surface area (Å²) in [6.07, 6.45) is 9.33. The second kappa shape index (κ2) is 9.02. The van der Waals surface area contributed by atoms with Gasteiger partial charge in [0.05, 0.1) is 7.11 Å². The number of halogens is 1. The molecule has 2 aromatic carbocycles. The molecule has 0 saturated heterocycles. The van der Waals surface area contributed by atoms with Gasteiger partial charge in [-0.2, -0.15) is 0 Å². The third-order valence-corrected chi connectivity index (χ3v) is 5.35. The van der Waals surface area contributed by atoms with E-state index in [0.29, 0.717) is 0 Å². The van der Waals surface area contributed by atoms with Crippen LogP contribution in [0.5, 0.6) is 5.75 Å². The van der Waals surface area contributed by atoms with Crippen molar-refractivity contribution in [3.63, 3.8) is 0 Å². The average molecular weight is 352 g/mol. The van der Waals surface area contributed by atoms with E-state index < -0.39 is 0 Å². The van der Waals surface area contributed by atoms with Crippen molar-refractivity contribution in [2.24, 2.45) is 0 Å². The Bertz CT molecular complexity index is 758. The number of unbranched alkanes of at least 4 members (excludes halogenated alkanes) is 3. The van der Waals surface area contributed by atoms with Crippen molar-refractivity contribution in [2.75, 3.05) is 7.11 Å². The molecule has 1 nitrogen and oxygen atoms in total. The Morgan fingerprint density at radius 3 is 2.50 bits per heavy atom. The van der Waals surface area contributed by atoms with Crippen molar-refractivity contribution in [1.29, 1.82) is 0 Å². The Hall–Kier alpha value is -2.09. The van der Waals surface area contributed by atoms with E-state index in [2.05, 4.69) is 25.1 Å². The average Bonchev–Trinajstić information content (AvgIpc) is 2.84. The number of allylic oxidation sites excluding steroid dienone is 2. The predicted molar refractivity (Wildman–Crippen MR) is 108 cm³/mol. The molecular weight excluding hydrogens is 323 g/mol. The minimum absolute atomic E-state index is 0.169. The first-order valence-corrected chi connectivity index (χ1v) is 9.88. The number of benzene rings is 2. The zero-order chi connectivity index (χ0) is 18.4. The van der Waals surface area contributed by atoms with Crippen LogP contribution in [0.3, 0.4) is 0 Å². The van der Waals surface area contributed by atoms with Crippen LogP contribution < -0.4 is 4.74 Å². The highest BCUT2D eigenvalue weighted by Gasteiger charge is 2.19. The summed E-state index contributed by atoms with van der Waals surface area (Å²) in [7, 11) is 1.73. The predicted octanol–water partition coefficient (Wildman–Crippen LogP) is 7.05. The van der Waals surface area contributed by atoms with Crippen molar-refractivity contribution in [2.45, 2.75) is 58.3 Å². The minimum Gasteiger partial charge on any atom is -0.497 e. The lowest BCUT2D eigenvalue weighted by atomic mass is 9.89. The maximum atomic E-state index is 13.4. The van der Waals surface area contributed by atoms with Crippen LogP contribution in [0, 0.1) is 5.82 Å². The van der Waals surface area contributed by atoms with Gasteiger partial charge in [-0.3, -0.25) is 0 Å². The maximum absolute atomic E-state index is 13.4. The molecule has 0 atom stereocenters. The first-order chi connectivity index (χ1) is 12.7. The lowest BCUT2D eigenvalue weighted by Gasteiger charge is -2.17. The fourth-order valence-corrected chi connectivity index (χ4v) is 3.95. The Labute approximate surface area is 156 Å². The topological polar surface area (TPSA) is 9.23 Å². The largest absolute Gasteiger partial charge is 0.497 e. The molecule has 0 fully saturated rings. The van der Waals surface area contributed by atoms with Crippen LogP contribution in [0.2, 0.25) is 0 Å². The second-order valence-corrected chi connectivity index (χ2v) is 7.15. The molecule has 0 saturated carbocycles. The van der Waals surface area contributed by atoms with Crippen LogP contribution in [0.1, 0.15) is 68.6 Å². The van der Waals surface area contributed by atoms with Gasteiger partial charge in [-0.25, -0.2) is 4.39 Å². The van der Waals surface area contributed by atoms with Crippen LogP contribution in [0.4, 0.5) is 4.39 Å². The Morgan fingerprint density at radius 2 is 1.77 bits per heavy atom. The lowest BCUT2D eigenvalue weighted by molar-refractivity contribution is 0.414. The molecular formula is C24H29FO. The summed E-state index contributed by atoms with van der Waals surface area (Å²) in [6.45, 7) is 2.25. The number of hydrogen-bond acceptors (Lipinski definition) is 1. The Kier molecular flexibility index (Phi) is 6.49. The number of ether oxygens (including phenoxy) is 1. The van der Waals surface area contributed by atoms with Crippen molar-refractivity contribution in [3.8, 4) is 5.75 Å². The highest BCUT2D eigenvalue weighted by atomic mass is 19.1. The fourth-order valence-electron chi connectivity index (χ4n) is 3.95. The van der Waals surface area contributed by atoms with Gasteiger partial charge < -0.3 is 4.74 Å². The van der Waals surface area contributed by atoms with E-state index >= 15 is 0 Å². The third-order valence-electron chi connectivity index (χ3n) is 5.35. The zero-order valence-electron chi connectivity index (χ0n) is 16.0. The highest BCUT2D eigenvalue weighted by Crippen LogP contribution is 2.39. The summed E-state index contributed by atoms with van der Waals surface area (Å²) >= 11 is 0. The summed E-state index contributed by atoms with van der Waals surface area (Å²) in [5.41, 5.74) is 6.75. The molecule has 0 spiro atoms. The van der Waals surface area contributed by atoms with Crippen molar-refractivity contribution >= 4 is 11.1 Å². The van der Waals surface area contributed by atoms with Gasteiger partial charge in [0.15, 0.2) is 0 Å². The zero-order valence-corrected chi connectivity index (χ0v) is 16.0. The van der Waals surface area contributed by atoms with Crippen LogP contribution in [-0.4, -0.2) is 7.11 Å². The monoisotopic (exact) mass is 352 g/mol. The standard InChI is InChI=1S/C24H29FO/c1-3-4-5-6-9-24-22(18-11-13-20(25)14-12-18)10-7-8-19-17-21(26-2)15-16-23(19)24/h11-17H,3-10H2,1-2H3. The summed E-state index contributed by atoms with van der Waals surface area (Å²) in [4.78, 5) is 0. The number of aryl methyl sites for hydroxylation is 1. The molecule has 0 aromatic heterocycles. The number of hydrogen-bond donors (Lipinski definition) is 0. The molecule has 138 valence electrons. The molecule has 1 aliphatic rings. The summed E-state index contributed by atoms with van der Waals surface area (Å²) in [5, 5.41) is 0. The van der Waals surface area contributed by atoms with Gasteiger partial charge in [0.25, 0.3) is 0 Å². The normalized spacial score (nSPS) is 14.1. The van der Waals surface area contributed by atoms with Gasteiger partial charge in [-0.15, -0.1) is 0 Å². The van der Waals surface area contributed by atoms with Gasteiger partial charge in [0.2, 0.25) is 0 Å². The molecule has 0 N–H and O–H groups in total. The number of methoxy groups -OCH3 is 1. The van der Waals surface area contributed by atoms with E-state index in [9.17, 15) is 4.39 Å². The summed E-state index contributed by atoms with van der Waals surface area (Å²) < 4.78 is 18.8. The van der Waals surface area contributed by atoms with Gasteiger partial charge in [0.1, 0.15) is 11.6 Å². The molecule has 0 radical (unpaired) electrons. The third kappa shape index (κ3) is 4.35. The Morgan fingerprint density at radius 1 is 0.962 bits per heavy atom. The van der Waals surface area contributed by atoms with Gasteiger partial charge in [-0.1, -0.05) is 44.4 Å². The van der Waals surface area contributed by atoms with E-state index in [0.717, 1.165) is 31.4 Å². The van der Waals surface area contributed by atoms with Crippen molar-refractivity contribution in [3.05, 3.63) is 65.0 Å². The van der Waals surface area contributed by atoms with E-state index in [4.69, 9.17) is 4.74 Å². The maximum Gasteiger partial charge on any atom is 0.123 e. The van der Waals surface area contributed by atoms with Gasteiger partial charge in [0, 0.05) is 0 Å². The van der Waals surface area contributed by atoms with E-state index in [1.807, 2.05) is 12.1 Å². The Balaban J connectivity index is 2.02. The highest BCUT2D eigenvalue weighted by molar-refractivity contribution is 5.92. The molecule has 0 unspecified atom stereocenters. The molecule has 1 aliphatic carbocycles. The molecule has 3 rings (SSSR count). The van der Waals surface area contributed by atoms with E-state index in [-0.39, 0.29) is 5.82 Å². The van der Waals surface area contributed by atoms with E-state index in [1.54, 1.807) is 19.2 Å². The van der Waals surface area contributed by atoms with Crippen LogP contribution in [-0.2, 0) is 6.42 Å². The SMILES string of the molecule is CCCCCCC1=C(c2ccc(F)cc2)CCCc2cc(OC)ccc21. The first-order valence-electron chi connectivity index (χ1n) is 9.88. The number of fused-ring (bicyclic) bond motifs is 1. The lowest BCUT2D eigenvalue weighted by Crippen LogP contribution is -1.96. The van der Waals surface area contributed by atoms with Crippen LogP contribution >= 0.6 is 0 Å². The molecule has 2 aromatic rings. The van der Waals surface area contributed by atoms with Crippen molar-refractivity contribution < 1.29 is 9.13 Å². The smallest absolute Gasteiger partial charge is 0.123 e. The van der Waals surface area contributed by atoms with Crippen LogP contribution in [0.25, 0.3) is 11.1 Å². The fraction of sp³-hybridized carbons (Fsp3) is 0.417. The first kappa shape index (κ1) is 18.7. The van der Waals surface area contributed by atoms with E-state index in [1.165, 1.54) is 53.5 Å².